The van der Waals surface area contributed by atoms with E-state index in [9.17, 15) is 9.18 Å². The van der Waals surface area contributed by atoms with E-state index in [2.05, 4.69) is 0 Å². The molecule has 2 aromatic rings. The molecule has 0 aliphatic carbocycles. The van der Waals surface area contributed by atoms with Crippen LogP contribution in [0, 0.1) is 5.82 Å². The van der Waals surface area contributed by atoms with Gasteiger partial charge < -0.3 is 18.9 Å². The fraction of sp³-hybridized carbons (Fsp3) is 0.389. The van der Waals surface area contributed by atoms with Crippen LogP contribution >= 0.6 is 0 Å². The average Bonchev–Trinajstić information content (AvgIpc) is 3.00. The number of carbonyl (C=O) groups excluding carboxylic acids is 1. The number of aromatic nitrogens is 1. The fourth-order valence-electron chi connectivity index (χ4n) is 2.96. The van der Waals surface area contributed by atoms with E-state index < -0.39 is 6.10 Å². The van der Waals surface area contributed by atoms with Crippen molar-refractivity contribution in [3.05, 3.63) is 54.1 Å². The van der Waals surface area contributed by atoms with Crippen molar-refractivity contribution in [2.24, 2.45) is 7.05 Å². The van der Waals surface area contributed by atoms with Gasteiger partial charge in [0.2, 0.25) is 0 Å². The Morgan fingerprint density at radius 3 is 2.92 bits per heavy atom. The number of carbonyl (C=O) groups is 1. The van der Waals surface area contributed by atoms with Crippen molar-refractivity contribution >= 4 is 5.91 Å². The summed E-state index contributed by atoms with van der Waals surface area (Å²) in [7, 11) is 1.94. The lowest BCUT2D eigenvalue weighted by atomic mass is 10.1. The van der Waals surface area contributed by atoms with Gasteiger partial charge in [-0.3, -0.25) is 4.79 Å². The van der Waals surface area contributed by atoms with Crippen molar-refractivity contribution in [1.29, 1.82) is 0 Å². The highest BCUT2D eigenvalue weighted by Crippen LogP contribution is 2.26. The van der Waals surface area contributed by atoms with Crippen molar-refractivity contribution in [3.63, 3.8) is 0 Å². The molecule has 1 aliphatic heterocycles. The lowest BCUT2D eigenvalue weighted by Gasteiger charge is -2.37. The normalized spacial score (nSPS) is 19.1. The largest absolute Gasteiger partial charge is 0.481 e. The number of morpholine rings is 1. The Kier molecular flexibility index (Phi) is 4.85. The van der Waals surface area contributed by atoms with E-state index in [1.165, 1.54) is 12.1 Å². The van der Waals surface area contributed by atoms with E-state index in [1.807, 2.05) is 29.9 Å². The zero-order valence-electron chi connectivity index (χ0n) is 13.8. The van der Waals surface area contributed by atoms with Crippen molar-refractivity contribution < 1.29 is 18.7 Å². The number of benzene rings is 1. The predicted octanol–water partition coefficient (Wildman–Crippen LogP) is 2.53. The number of hydrogen-bond donors (Lipinski definition) is 0. The molecule has 1 amide bonds. The Labute approximate surface area is 140 Å². The summed E-state index contributed by atoms with van der Waals surface area (Å²) in [6.45, 7) is 3.14. The van der Waals surface area contributed by atoms with E-state index in [0.717, 1.165) is 5.69 Å². The van der Waals surface area contributed by atoms with Gasteiger partial charge in [-0.2, -0.15) is 0 Å². The molecule has 5 nitrogen and oxygen atoms in total. The highest BCUT2D eigenvalue weighted by atomic mass is 19.1. The van der Waals surface area contributed by atoms with Gasteiger partial charge in [0, 0.05) is 31.5 Å². The molecule has 0 N–H and O–H groups in total. The summed E-state index contributed by atoms with van der Waals surface area (Å²) in [6.07, 6.45) is 1.24. The summed E-state index contributed by atoms with van der Waals surface area (Å²) in [4.78, 5) is 14.6. The average molecular weight is 332 g/mol. The zero-order valence-corrected chi connectivity index (χ0v) is 13.8. The monoisotopic (exact) mass is 332 g/mol. The summed E-state index contributed by atoms with van der Waals surface area (Å²) in [5.74, 6) is -0.173. The highest BCUT2D eigenvalue weighted by molar-refractivity contribution is 5.81. The van der Waals surface area contributed by atoms with E-state index in [-0.39, 0.29) is 17.8 Å². The lowest BCUT2D eigenvalue weighted by molar-refractivity contribution is -0.147. The fourth-order valence-corrected chi connectivity index (χ4v) is 2.96. The van der Waals surface area contributed by atoms with Crippen LogP contribution in [0.15, 0.2) is 42.6 Å². The van der Waals surface area contributed by atoms with E-state index >= 15 is 0 Å². The maximum Gasteiger partial charge on any atom is 0.264 e. The minimum absolute atomic E-state index is 0.131. The second-order valence-electron chi connectivity index (χ2n) is 5.88. The molecule has 3 rings (SSSR count). The molecule has 1 saturated heterocycles. The molecule has 2 atom stereocenters. The van der Waals surface area contributed by atoms with Gasteiger partial charge in [-0.05, 0) is 31.2 Å². The topological polar surface area (TPSA) is 43.7 Å². The van der Waals surface area contributed by atoms with E-state index in [1.54, 1.807) is 24.0 Å². The molecule has 1 aliphatic rings. The van der Waals surface area contributed by atoms with Crippen LogP contribution in [-0.2, 0) is 16.6 Å². The third kappa shape index (κ3) is 3.43. The first-order valence-electron chi connectivity index (χ1n) is 7.98. The summed E-state index contributed by atoms with van der Waals surface area (Å²) in [5, 5.41) is 0. The molecule has 0 spiro atoms. The quantitative estimate of drug-likeness (QED) is 0.864. The molecule has 128 valence electrons. The summed E-state index contributed by atoms with van der Waals surface area (Å²) in [6, 6.07) is 9.59. The first-order valence-corrected chi connectivity index (χ1v) is 7.98. The van der Waals surface area contributed by atoms with Gasteiger partial charge in [0.1, 0.15) is 11.6 Å². The van der Waals surface area contributed by atoms with Crippen LogP contribution in [0.2, 0.25) is 0 Å². The third-order valence-electron chi connectivity index (χ3n) is 4.19. The van der Waals surface area contributed by atoms with Gasteiger partial charge in [0.25, 0.3) is 5.91 Å². The number of nitrogens with zero attached hydrogens (tertiary/aromatic N) is 2. The van der Waals surface area contributed by atoms with Gasteiger partial charge >= 0.3 is 0 Å². The number of ether oxygens (including phenoxy) is 2. The molecule has 24 heavy (non-hydrogen) atoms. The van der Waals surface area contributed by atoms with Crippen LogP contribution in [0.5, 0.6) is 5.75 Å². The minimum Gasteiger partial charge on any atom is -0.481 e. The van der Waals surface area contributed by atoms with E-state index in [0.29, 0.717) is 25.5 Å². The van der Waals surface area contributed by atoms with Gasteiger partial charge in [0.15, 0.2) is 6.10 Å². The van der Waals surface area contributed by atoms with Crippen molar-refractivity contribution in [2.75, 3.05) is 19.8 Å². The molecule has 1 aromatic carbocycles. The van der Waals surface area contributed by atoms with Crippen LogP contribution in [0.25, 0.3) is 0 Å². The Balaban J connectivity index is 1.75. The molecular weight excluding hydrogens is 311 g/mol. The molecular formula is C18H21FN2O3. The minimum atomic E-state index is -0.701. The van der Waals surface area contributed by atoms with E-state index in [4.69, 9.17) is 9.47 Å². The Morgan fingerprint density at radius 1 is 1.38 bits per heavy atom. The molecule has 0 unspecified atom stereocenters. The van der Waals surface area contributed by atoms with Crippen LogP contribution in [-0.4, -0.2) is 41.2 Å². The predicted molar refractivity (Wildman–Crippen MR) is 87.2 cm³/mol. The van der Waals surface area contributed by atoms with Crippen LogP contribution in [0.4, 0.5) is 4.39 Å². The van der Waals surface area contributed by atoms with Crippen molar-refractivity contribution in [1.82, 2.24) is 9.47 Å². The summed E-state index contributed by atoms with van der Waals surface area (Å²) >= 11 is 0. The third-order valence-corrected chi connectivity index (χ3v) is 4.19. The number of hydrogen-bond acceptors (Lipinski definition) is 3. The second kappa shape index (κ2) is 7.05. The van der Waals surface area contributed by atoms with Crippen LogP contribution < -0.4 is 4.74 Å². The molecule has 6 heteroatoms. The maximum absolute atomic E-state index is 13.3. The van der Waals surface area contributed by atoms with Gasteiger partial charge in [-0.25, -0.2) is 4.39 Å². The van der Waals surface area contributed by atoms with Crippen LogP contribution in [0.3, 0.4) is 0 Å². The van der Waals surface area contributed by atoms with Crippen LogP contribution in [0.1, 0.15) is 18.7 Å². The molecule has 0 saturated carbocycles. The standard InChI is InChI=1S/C18H21FN2O3/c1-13(24-15-6-3-5-14(19)11-15)18(22)21-9-10-23-12-17(21)16-7-4-8-20(16)2/h3-8,11,13,17H,9-10,12H2,1-2H3/t13-,17-/m1/s1. The van der Waals surface area contributed by atoms with Gasteiger partial charge in [-0.1, -0.05) is 6.07 Å². The second-order valence-corrected chi connectivity index (χ2v) is 5.88. The molecule has 0 bridgehead atoms. The number of halogens is 1. The summed E-state index contributed by atoms with van der Waals surface area (Å²) in [5.41, 5.74) is 1.01. The van der Waals surface area contributed by atoms with Gasteiger partial charge in [0.05, 0.1) is 19.3 Å². The molecule has 1 fully saturated rings. The smallest absolute Gasteiger partial charge is 0.264 e. The SMILES string of the molecule is C[C@@H](Oc1cccc(F)c1)C(=O)N1CCOC[C@@H]1c1cccn1C. The van der Waals surface area contributed by atoms with Crippen molar-refractivity contribution in [3.8, 4) is 5.75 Å². The molecule has 1 aromatic heterocycles. The summed E-state index contributed by atoms with van der Waals surface area (Å²) < 4.78 is 26.4. The van der Waals surface area contributed by atoms with Gasteiger partial charge in [-0.15, -0.1) is 0 Å². The molecule has 0 radical (unpaired) electrons. The highest BCUT2D eigenvalue weighted by Gasteiger charge is 2.33. The maximum atomic E-state index is 13.3. The number of aryl methyl sites for hydroxylation is 1. The first-order chi connectivity index (χ1) is 11.6. The first kappa shape index (κ1) is 16.5. The lowest BCUT2D eigenvalue weighted by Crippen LogP contribution is -2.48. The Bertz CT molecular complexity index is 716. The number of amides is 1. The Morgan fingerprint density at radius 2 is 2.21 bits per heavy atom. The van der Waals surface area contributed by atoms with Crippen molar-refractivity contribution in [2.45, 2.75) is 19.1 Å². The molecule has 2 heterocycles. The Hall–Kier alpha value is -2.34. The zero-order chi connectivity index (χ0) is 17.1. The number of rotatable bonds is 4.